The largest absolute Gasteiger partial charge is 0.394 e. The van der Waals surface area contributed by atoms with Crippen molar-refractivity contribution in [3.05, 3.63) is 0 Å². The molecule has 0 aromatic heterocycles. The first-order valence-electron chi connectivity index (χ1n) is 3.36. The van der Waals surface area contributed by atoms with Gasteiger partial charge in [-0.05, 0) is 6.42 Å². The van der Waals surface area contributed by atoms with E-state index < -0.39 is 30.4 Å². The lowest BCUT2D eigenvalue weighted by molar-refractivity contribution is -0.133. The van der Waals surface area contributed by atoms with Crippen molar-refractivity contribution in [1.82, 2.24) is 0 Å². The monoisotopic (exact) mass is 176 g/mol. The number of carbonyl (C=O) groups is 2. The second-order valence-corrected chi connectivity index (χ2v) is 2.43. The normalized spacial score (nSPS) is 12.9. The summed E-state index contributed by atoms with van der Waals surface area (Å²) in [4.78, 5) is 21.0. The Bertz CT molecular complexity index is 168. The molecule has 0 unspecified atom stereocenters. The first kappa shape index (κ1) is 10.9. The number of carbonyl (C=O) groups excluding carboxylic acids is 2. The zero-order valence-electron chi connectivity index (χ0n) is 6.43. The third-order valence-electron chi connectivity index (χ3n) is 1.41. The molecule has 2 amide bonds. The maximum absolute atomic E-state index is 10.5. The number of nitrogens with two attached hydrogens (primary N) is 2. The Kier molecular flexibility index (Phi) is 4.24. The molecule has 0 spiro atoms. The van der Waals surface area contributed by atoms with Crippen LogP contribution in [-0.4, -0.2) is 34.7 Å². The predicted molar refractivity (Wildman–Crippen MR) is 39.6 cm³/mol. The maximum atomic E-state index is 10.5. The highest BCUT2D eigenvalue weighted by atomic mass is 16.3. The fourth-order valence-electron chi connectivity index (χ4n) is 0.719. The van der Waals surface area contributed by atoms with E-state index >= 15 is 0 Å². The van der Waals surface area contributed by atoms with E-state index in [4.69, 9.17) is 21.7 Å². The van der Waals surface area contributed by atoms with Crippen LogP contribution in [0.15, 0.2) is 0 Å². The standard InChI is InChI=1S/C6H12N2O4/c7-5(11)4(6(8)12)1-3(10)2-9/h3-4,9-10H,1-2H2,(H2,7,11)(H2,8,12)/t3-/m1/s1. The van der Waals surface area contributed by atoms with Crippen molar-refractivity contribution in [1.29, 1.82) is 0 Å². The van der Waals surface area contributed by atoms with Crippen molar-refractivity contribution in [2.24, 2.45) is 17.4 Å². The number of hydrogen-bond acceptors (Lipinski definition) is 4. The maximum Gasteiger partial charge on any atom is 0.230 e. The number of rotatable bonds is 5. The van der Waals surface area contributed by atoms with Crippen LogP contribution in [0.5, 0.6) is 0 Å². The molecule has 70 valence electrons. The molecule has 0 bridgehead atoms. The lowest BCUT2D eigenvalue weighted by Gasteiger charge is -2.12. The van der Waals surface area contributed by atoms with Gasteiger partial charge in [-0.1, -0.05) is 0 Å². The Morgan fingerprint density at radius 3 is 1.92 bits per heavy atom. The predicted octanol–water partition coefficient (Wildman–Crippen LogP) is -2.68. The van der Waals surface area contributed by atoms with Gasteiger partial charge in [-0.25, -0.2) is 0 Å². The minimum Gasteiger partial charge on any atom is -0.394 e. The van der Waals surface area contributed by atoms with Crippen LogP contribution in [0.2, 0.25) is 0 Å². The first-order chi connectivity index (χ1) is 5.49. The van der Waals surface area contributed by atoms with Crippen LogP contribution in [0.1, 0.15) is 6.42 Å². The van der Waals surface area contributed by atoms with E-state index in [9.17, 15) is 9.59 Å². The zero-order valence-corrected chi connectivity index (χ0v) is 6.43. The topological polar surface area (TPSA) is 127 Å². The van der Waals surface area contributed by atoms with Crippen molar-refractivity contribution < 1.29 is 19.8 Å². The van der Waals surface area contributed by atoms with Crippen LogP contribution >= 0.6 is 0 Å². The summed E-state index contributed by atoms with van der Waals surface area (Å²) in [5.74, 6) is -3.00. The van der Waals surface area contributed by atoms with Crippen LogP contribution in [0, 0.1) is 5.92 Å². The highest BCUT2D eigenvalue weighted by Crippen LogP contribution is 2.05. The van der Waals surface area contributed by atoms with Gasteiger partial charge in [0.15, 0.2) is 0 Å². The summed E-state index contributed by atoms with van der Waals surface area (Å²) in [6, 6.07) is 0. The SMILES string of the molecule is NC(=O)C(C[C@@H](O)CO)C(N)=O. The van der Waals surface area contributed by atoms with E-state index in [1.807, 2.05) is 0 Å². The molecular formula is C6H12N2O4. The van der Waals surface area contributed by atoms with E-state index in [0.29, 0.717) is 0 Å². The van der Waals surface area contributed by atoms with Gasteiger partial charge in [0, 0.05) is 0 Å². The lowest BCUT2D eigenvalue weighted by Crippen LogP contribution is -2.38. The van der Waals surface area contributed by atoms with Gasteiger partial charge in [-0.3, -0.25) is 9.59 Å². The number of hydrogen-bond donors (Lipinski definition) is 4. The van der Waals surface area contributed by atoms with Gasteiger partial charge in [0.05, 0.1) is 12.7 Å². The fourth-order valence-corrected chi connectivity index (χ4v) is 0.719. The highest BCUT2D eigenvalue weighted by molar-refractivity contribution is 5.98. The molecule has 0 fully saturated rings. The lowest BCUT2D eigenvalue weighted by atomic mass is 10.0. The second-order valence-electron chi connectivity index (χ2n) is 2.43. The number of aliphatic hydroxyl groups excluding tert-OH is 2. The molecule has 0 aromatic rings. The summed E-state index contributed by atoms with van der Waals surface area (Å²) >= 11 is 0. The molecule has 0 saturated carbocycles. The summed E-state index contributed by atoms with van der Waals surface area (Å²) < 4.78 is 0. The van der Waals surface area contributed by atoms with E-state index in [1.54, 1.807) is 0 Å². The smallest absolute Gasteiger partial charge is 0.230 e. The zero-order chi connectivity index (χ0) is 9.72. The van der Waals surface area contributed by atoms with Crippen molar-refractivity contribution in [3.8, 4) is 0 Å². The highest BCUT2D eigenvalue weighted by Gasteiger charge is 2.24. The summed E-state index contributed by atoms with van der Waals surface area (Å²) in [5.41, 5.74) is 9.62. The molecule has 0 aliphatic rings. The average Bonchev–Trinajstić information content (AvgIpc) is 1.98. The quantitative estimate of drug-likeness (QED) is 0.340. The van der Waals surface area contributed by atoms with E-state index in [0.717, 1.165) is 0 Å². The van der Waals surface area contributed by atoms with E-state index in [2.05, 4.69) is 0 Å². The van der Waals surface area contributed by atoms with Crippen LogP contribution in [-0.2, 0) is 9.59 Å². The van der Waals surface area contributed by atoms with Gasteiger partial charge in [-0.2, -0.15) is 0 Å². The summed E-state index contributed by atoms with van der Waals surface area (Å²) in [6.45, 7) is -0.531. The Morgan fingerprint density at radius 1 is 1.25 bits per heavy atom. The number of primary amides is 2. The third kappa shape index (κ3) is 3.31. The van der Waals surface area contributed by atoms with E-state index in [-0.39, 0.29) is 6.42 Å². The molecule has 0 heterocycles. The van der Waals surface area contributed by atoms with E-state index in [1.165, 1.54) is 0 Å². The van der Waals surface area contributed by atoms with Crippen LogP contribution in [0.25, 0.3) is 0 Å². The van der Waals surface area contributed by atoms with Crippen LogP contribution in [0.3, 0.4) is 0 Å². The third-order valence-corrected chi connectivity index (χ3v) is 1.41. The Hall–Kier alpha value is -1.14. The fraction of sp³-hybridized carbons (Fsp3) is 0.667. The average molecular weight is 176 g/mol. The number of amides is 2. The molecule has 0 aromatic carbocycles. The van der Waals surface area contributed by atoms with Gasteiger partial charge in [-0.15, -0.1) is 0 Å². The van der Waals surface area contributed by atoms with Crippen molar-refractivity contribution in [2.45, 2.75) is 12.5 Å². The molecule has 0 radical (unpaired) electrons. The van der Waals surface area contributed by atoms with Gasteiger partial charge in [0.2, 0.25) is 11.8 Å². The summed E-state index contributed by atoms with van der Waals surface area (Å²) in [7, 11) is 0. The molecular weight excluding hydrogens is 164 g/mol. The molecule has 1 atom stereocenters. The molecule has 6 heteroatoms. The molecule has 0 rings (SSSR count). The Labute approximate surface area is 69.2 Å². The minimum absolute atomic E-state index is 0.235. The van der Waals surface area contributed by atoms with Gasteiger partial charge < -0.3 is 21.7 Å². The molecule has 0 aliphatic heterocycles. The van der Waals surface area contributed by atoms with Gasteiger partial charge in [0.25, 0.3) is 0 Å². The van der Waals surface area contributed by atoms with Crippen molar-refractivity contribution in [3.63, 3.8) is 0 Å². The molecule has 0 aliphatic carbocycles. The van der Waals surface area contributed by atoms with Crippen molar-refractivity contribution in [2.75, 3.05) is 6.61 Å². The second kappa shape index (κ2) is 4.68. The van der Waals surface area contributed by atoms with Gasteiger partial charge >= 0.3 is 0 Å². The molecule has 6 nitrogen and oxygen atoms in total. The Balaban J connectivity index is 4.14. The van der Waals surface area contributed by atoms with Crippen molar-refractivity contribution >= 4 is 11.8 Å². The Morgan fingerprint density at radius 2 is 1.67 bits per heavy atom. The summed E-state index contributed by atoms with van der Waals surface area (Å²) in [5, 5.41) is 17.3. The van der Waals surface area contributed by atoms with Crippen LogP contribution < -0.4 is 11.5 Å². The molecule has 6 N–H and O–H groups in total. The summed E-state index contributed by atoms with van der Waals surface area (Å²) in [6.07, 6.45) is -1.38. The molecule has 12 heavy (non-hydrogen) atoms. The van der Waals surface area contributed by atoms with Crippen LogP contribution in [0.4, 0.5) is 0 Å². The minimum atomic E-state index is -1.22. The number of aliphatic hydroxyl groups is 2. The van der Waals surface area contributed by atoms with Gasteiger partial charge in [0.1, 0.15) is 5.92 Å². The molecule has 0 saturated heterocycles. The first-order valence-corrected chi connectivity index (χ1v) is 3.36.